The molecular weight excluding hydrogens is 487 g/mol. The van der Waals surface area contributed by atoms with Gasteiger partial charge in [-0.1, -0.05) is 59.6 Å². The number of aromatic nitrogens is 1. The Labute approximate surface area is 211 Å². The second kappa shape index (κ2) is 10.7. The van der Waals surface area contributed by atoms with Crippen molar-refractivity contribution in [2.24, 2.45) is 0 Å². The predicted molar refractivity (Wildman–Crippen MR) is 138 cm³/mol. The molecule has 0 aliphatic heterocycles. The van der Waals surface area contributed by atoms with Crippen molar-refractivity contribution in [1.82, 2.24) is 4.98 Å². The van der Waals surface area contributed by atoms with Gasteiger partial charge < -0.3 is 10.1 Å². The standard InChI is InChI=1S/C27H20Cl2N2O4/c1-16-24(31-23(32)14-12-17-11-13-19(28)15-21(17)29)26(33)30-22-10-6-5-9-20(22)25(16)35-27(34)18-7-3-2-4-8-18/h2-11,13,15H,12,14H2,1H3,(H,30,31,32,33). The lowest BCUT2D eigenvalue weighted by Gasteiger charge is -2.10. The van der Waals surface area contributed by atoms with Gasteiger partial charge in [0.25, 0.3) is 5.56 Å². The van der Waals surface area contributed by atoms with E-state index in [0.29, 0.717) is 38.5 Å². The molecule has 1 heterocycles. The molecule has 0 unspecified atom stereocenters. The average Bonchev–Trinajstić information content (AvgIpc) is 2.94. The fourth-order valence-corrected chi connectivity index (χ4v) is 4.09. The summed E-state index contributed by atoms with van der Waals surface area (Å²) in [5.74, 6) is -0.846. The molecule has 0 fully saturated rings. The summed E-state index contributed by atoms with van der Waals surface area (Å²) in [6.45, 7) is 1.61. The third-order valence-corrected chi connectivity index (χ3v) is 5.99. The van der Waals surface area contributed by atoms with Gasteiger partial charge in [0.05, 0.1) is 11.1 Å². The summed E-state index contributed by atoms with van der Waals surface area (Å²) in [5.41, 5.74) is 1.05. The van der Waals surface area contributed by atoms with Crippen LogP contribution in [0.3, 0.4) is 0 Å². The van der Waals surface area contributed by atoms with Gasteiger partial charge in [-0.25, -0.2) is 9.78 Å². The molecule has 1 amide bonds. The minimum Gasteiger partial charge on any atom is -0.422 e. The summed E-state index contributed by atoms with van der Waals surface area (Å²) in [6.07, 6.45) is 0.413. The monoisotopic (exact) mass is 506 g/mol. The molecule has 0 atom stereocenters. The first kappa shape index (κ1) is 24.4. The lowest BCUT2D eigenvalue weighted by molar-refractivity contribution is -0.116. The number of carbonyl (C=O) groups is 2. The second-order valence-corrected chi connectivity index (χ2v) is 8.65. The fourth-order valence-electron chi connectivity index (χ4n) is 3.58. The van der Waals surface area contributed by atoms with Gasteiger partial charge in [0.15, 0.2) is 0 Å². The van der Waals surface area contributed by atoms with E-state index in [2.05, 4.69) is 10.3 Å². The van der Waals surface area contributed by atoms with Crippen LogP contribution in [-0.2, 0) is 11.2 Å². The number of nitrogens with one attached hydrogen (secondary N) is 1. The van der Waals surface area contributed by atoms with E-state index in [1.165, 1.54) is 0 Å². The van der Waals surface area contributed by atoms with Gasteiger partial charge in [-0.3, -0.25) is 9.59 Å². The van der Waals surface area contributed by atoms with E-state index in [1.54, 1.807) is 79.7 Å². The highest BCUT2D eigenvalue weighted by Crippen LogP contribution is 2.31. The first-order valence-electron chi connectivity index (χ1n) is 10.8. The van der Waals surface area contributed by atoms with Crippen LogP contribution in [0.25, 0.3) is 10.9 Å². The first-order chi connectivity index (χ1) is 16.8. The molecular formula is C27H20Cl2N2O4. The van der Waals surface area contributed by atoms with E-state index >= 15 is 0 Å². The van der Waals surface area contributed by atoms with Crippen molar-refractivity contribution in [3.8, 4) is 5.75 Å². The smallest absolute Gasteiger partial charge is 0.343 e. The number of amides is 1. The Morgan fingerprint density at radius 3 is 2.43 bits per heavy atom. The molecule has 0 aliphatic carbocycles. The van der Waals surface area contributed by atoms with Crippen LogP contribution >= 0.6 is 23.2 Å². The maximum Gasteiger partial charge on any atom is 0.343 e. The first-order valence-corrected chi connectivity index (χ1v) is 11.5. The molecule has 1 aromatic heterocycles. The predicted octanol–water partition coefficient (Wildman–Crippen LogP) is 6.00. The maximum atomic E-state index is 13.0. The van der Waals surface area contributed by atoms with E-state index in [0.717, 1.165) is 5.56 Å². The number of para-hydroxylation sites is 1. The Hall–Kier alpha value is -3.74. The number of nitrogens with zero attached hydrogens (tertiary/aromatic N) is 1. The molecule has 0 bridgehead atoms. The SMILES string of the molecule is Cc1c(NC(=O)CCc2ccc(Cl)cc2Cl)c(=O)nc2ccccc2c1OC(=O)c1ccccc1. The number of benzene rings is 3. The number of hydrogen-bond donors (Lipinski definition) is 1. The molecule has 1 N–H and O–H groups in total. The number of fused-ring (bicyclic) bond motifs is 1. The number of esters is 1. The van der Waals surface area contributed by atoms with Gasteiger partial charge in [0.2, 0.25) is 5.91 Å². The van der Waals surface area contributed by atoms with Gasteiger partial charge in [0, 0.05) is 27.4 Å². The molecule has 0 aliphatic rings. The number of hydrogen-bond acceptors (Lipinski definition) is 5. The zero-order valence-corrected chi connectivity index (χ0v) is 20.2. The number of ether oxygens (including phenoxy) is 1. The molecule has 4 aromatic rings. The van der Waals surface area contributed by atoms with Gasteiger partial charge in [-0.05, 0) is 55.3 Å². The van der Waals surface area contributed by atoms with Crippen molar-refractivity contribution in [1.29, 1.82) is 0 Å². The van der Waals surface area contributed by atoms with E-state index in [9.17, 15) is 14.4 Å². The molecule has 0 saturated carbocycles. The average molecular weight is 507 g/mol. The number of aryl methyl sites for hydroxylation is 1. The summed E-state index contributed by atoms with van der Waals surface area (Å²) in [6, 6.07) is 20.4. The molecule has 8 heteroatoms. The molecule has 35 heavy (non-hydrogen) atoms. The van der Waals surface area contributed by atoms with Crippen molar-refractivity contribution in [3.63, 3.8) is 0 Å². The molecule has 3 aromatic carbocycles. The Balaban J connectivity index is 1.68. The van der Waals surface area contributed by atoms with E-state index in [4.69, 9.17) is 27.9 Å². The van der Waals surface area contributed by atoms with Gasteiger partial charge in [-0.2, -0.15) is 0 Å². The molecule has 0 spiro atoms. The highest BCUT2D eigenvalue weighted by molar-refractivity contribution is 6.35. The van der Waals surface area contributed by atoms with Crippen LogP contribution in [0.2, 0.25) is 10.0 Å². The molecule has 4 rings (SSSR count). The Morgan fingerprint density at radius 2 is 1.69 bits per heavy atom. The van der Waals surface area contributed by atoms with Crippen LogP contribution in [0.1, 0.15) is 27.9 Å². The number of carbonyl (C=O) groups excluding carboxylic acids is 2. The van der Waals surface area contributed by atoms with Gasteiger partial charge in [0.1, 0.15) is 11.4 Å². The highest BCUT2D eigenvalue weighted by Gasteiger charge is 2.19. The van der Waals surface area contributed by atoms with E-state index in [1.807, 2.05) is 0 Å². The maximum absolute atomic E-state index is 13.0. The zero-order valence-electron chi connectivity index (χ0n) is 18.7. The second-order valence-electron chi connectivity index (χ2n) is 7.80. The number of rotatable bonds is 6. The quantitative estimate of drug-likeness (QED) is 0.324. The fraction of sp³-hybridized carbons (Fsp3) is 0.111. The summed E-state index contributed by atoms with van der Waals surface area (Å²) in [4.78, 5) is 42.7. The van der Waals surface area contributed by atoms with Crippen LogP contribution in [-0.4, -0.2) is 16.9 Å². The third kappa shape index (κ3) is 5.67. The summed E-state index contributed by atoms with van der Waals surface area (Å²) in [7, 11) is 0. The van der Waals surface area contributed by atoms with Gasteiger partial charge >= 0.3 is 5.97 Å². The molecule has 176 valence electrons. The minimum atomic E-state index is -0.640. The van der Waals surface area contributed by atoms with Crippen molar-refractivity contribution < 1.29 is 14.3 Å². The van der Waals surface area contributed by atoms with Crippen molar-refractivity contribution in [2.75, 3.05) is 5.32 Å². The summed E-state index contributed by atoms with van der Waals surface area (Å²) < 4.78 is 5.74. The number of anilines is 1. The highest BCUT2D eigenvalue weighted by atomic mass is 35.5. The van der Waals surface area contributed by atoms with Crippen molar-refractivity contribution in [2.45, 2.75) is 19.8 Å². The zero-order chi connectivity index (χ0) is 24.9. The topological polar surface area (TPSA) is 85.4 Å². The van der Waals surface area contributed by atoms with Crippen LogP contribution < -0.4 is 15.6 Å². The van der Waals surface area contributed by atoms with Crippen molar-refractivity contribution >= 4 is 51.7 Å². The minimum absolute atomic E-state index is 0.0516. The molecule has 6 nitrogen and oxygen atoms in total. The third-order valence-electron chi connectivity index (χ3n) is 5.41. The van der Waals surface area contributed by atoms with Crippen LogP contribution in [0.4, 0.5) is 5.69 Å². The van der Waals surface area contributed by atoms with Gasteiger partial charge in [-0.15, -0.1) is 0 Å². The normalized spacial score (nSPS) is 10.7. The Bertz CT molecular complexity index is 1490. The Morgan fingerprint density at radius 1 is 0.971 bits per heavy atom. The van der Waals surface area contributed by atoms with Crippen LogP contribution in [0.15, 0.2) is 77.6 Å². The van der Waals surface area contributed by atoms with Crippen molar-refractivity contribution in [3.05, 3.63) is 110 Å². The van der Waals surface area contributed by atoms with E-state index < -0.39 is 17.4 Å². The van der Waals surface area contributed by atoms with Crippen LogP contribution in [0, 0.1) is 6.92 Å². The molecule has 0 radical (unpaired) electrons. The lowest BCUT2D eigenvalue weighted by Crippen LogP contribution is -2.20. The summed E-state index contributed by atoms with van der Waals surface area (Å²) >= 11 is 12.1. The largest absolute Gasteiger partial charge is 0.422 e. The molecule has 0 saturated heterocycles. The Kier molecular flexibility index (Phi) is 7.44. The van der Waals surface area contributed by atoms with Crippen LogP contribution in [0.5, 0.6) is 5.75 Å². The number of halogens is 2. The van der Waals surface area contributed by atoms with E-state index in [-0.39, 0.29) is 17.9 Å². The lowest BCUT2D eigenvalue weighted by atomic mass is 10.1. The summed E-state index contributed by atoms with van der Waals surface area (Å²) in [5, 5.41) is 4.09.